The molecule has 2 aromatic heterocycles. The van der Waals surface area contributed by atoms with E-state index >= 15 is 0 Å². The molecule has 1 amide bonds. The number of carbonyl (C=O) groups excluding carboxylic acids is 1. The first-order chi connectivity index (χ1) is 15.5. The van der Waals surface area contributed by atoms with Crippen molar-refractivity contribution in [1.29, 1.82) is 0 Å². The summed E-state index contributed by atoms with van der Waals surface area (Å²) >= 11 is 0. The minimum absolute atomic E-state index is 0.00529. The van der Waals surface area contributed by atoms with Gasteiger partial charge in [0.05, 0.1) is 11.9 Å². The van der Waals surface area contributed by atoms with Crippen molar-refractivity contribution >= 4 is 11.9 Å². The number of rotatable bonds is 4. The van der Waals surface area contributed by atoms with E-state index in [1.807, 2.05) is 55.6 Å². The summed E-state index contributed by atoms with van der Waals surface area (Å²) in [6, 6.07) is 5.39. The number of carbonyl (C=O) groups is 1. The van der Waals surface area contributed by atoms with E-state index in [1.165, 1.54) is 0 Å². The van der Waals surface area contributed by atoms with Crippen molar-refractivity contribution in [1.82, 2.24) is 24.6 Å². The number of hydrogen-bond acceptors (Lipinski definition) is 7. The SMILES string of the molecule is CN(C)c1ncc(-c2cnn(C)c2)c([C@H]2CCN(C(=O)c3ccc4c(c3)OCCO4)C2)n1. The normalized spacial score (nSPS) is 17.5. The molecule has 2 aliphatic rings. The molecule has 0 aliphatic carbocycles. The van der Waals surface area contributed by atoms with Gasteiger partial charge in [0.25, 0.3) is 5.91 Å². The highest BCUT2D eigenvalue weighted by Gasteiger charge is 2.32. The van der Waals surface area contributed by atoms with Crippen molar-refractivity contribution in [3.8, 4) is 22.6 Å². The van der Waals surface area contributed by atoms with Gasteiger partial charge in [-0.3, -0.25) is 9.48 Å². The highest BCUT2D eigenvalue weighted by molar-refractivity contribution is 5.95. The lowest BCUT2D eigenvalue weighted by atomic mass is 9.97. The van der Waals surface area contributed by atoms with Crippen LogP contribution in [0.15, 0.2) is 36.8 Å². The van der Waals surface area contributed by atoms with Gasteiger partial charge >= 0.3 is 0 Å². The molecule has 4 heterocycles. The Balaban J connectivity index is 1.41. The Morgan fingerprint density at radius 3 is 2.72 bits per heavy atom. The molecule has 0 unspecified atom stereocenters. The average molecular weight is 435 g/mol. The quantitative estimate of drug-likeness (QED) is 0.623. The van der Waals surface area contributed by atoms with E-state index in [9.17, 15) is 4.79 Å². The van der Waals surface area contributed by atoms with Gasteiger partial charge in [0.2, 0.25) is 5.95 Å². The molecule has 32 heavy (non-hydrogen) atoms. The van der Waals surface area contributed by atoms with Gasteiger partial charge in [0, 0.05) is 69.2 Å². The van der Waals surface area contributed by atoms with Crippen LogP contribution in [0.5, 0.6) is 11.5 Å². The molecule has 1 fully saturated rings. The monoisotopic (exact) mass is 434 g/mol. The second kappa shape index (κ2) is 8.14. The summed E-state index contributed by atoms with van der Waals surface area (Å²) in [6.45, 7) is 2.30. The maximum absolute atomic E-state index is 13.2. The number of anilines is 1. The van der Waals surface area contributed by atoms with Gasteiger partial charge in [-0.2, -0.15) is 5.10 Å². The standard InChI is InChI=1S/C23H26N6O3/c1-27(2)23-24-12-18(17-11-25-28(3)13-17)21(26-23)16-6-7-29(14-16)22(30)15-4-5-19-20(10-15)32-9-8-31-19/h4-5,10-13,16H,6-9,14H2,1-3H3/t16-/m0/s1. The third kappa shape index (κ3) is 3.74. The third-order valence-electron chi connectivity index (χ3n) is 5.87. The van der Waals surface area contributed by atoms with E-state index in [1.54, 1.807) is 16.8 Å². The van der Waals surface area contributed by atoms with Crippen molar-refractivity contribution < 1.29 is 14.3 Å². The zero-order chi connectivity index (χ0) is 22.2. The Morgan fingerprint density at radius 1 is 1.16 bits per heavy atom. The highest BCUT2D eigenvalue weighted by Crippen LogP contribution is 2.36. The highest BCUT2D eigenvalue weighted by atomic mass is 16.6. The average Bonchev–Trinajstić information content (AvgIpc) is 3.47. The van der Waals surface area contributed by atoms with Crippen LogP contribution >= 0.6 is 0 Å². The lowest BCUT2D eigenvalue weighted by Crippen LogP contribution is -2.29. The van der Waals surface area contributed by atoms with Crippen LogP contribution in [-0.2, 0) is 7.05 Å². The molecule has 5 rings (SSSR count). The molecular formula is C23H26N6O3. The molecule has 0 spiro atoms. The molecule has 0 radical (unpaired) electrons. The van der Waals surface area contributed by atoms with Crippen LogP contribution in [0.2, 0.25) is 0 Å². The van der Waals surface area contributed by atoms with Crippen molar-refractivity contribution in [2.24, 2.45) is 7.05 Å². The minimum Gasteiger partial charge on any atom is -0.486 e. The molecule has 0 saturated carbocycles. The van der Waals surface area contributed by atoms with Crippen LogP contribution in [0.4, 0.5) is 5.95 Å². The number of amides is 1. The number of aryl methyl sites for hydroxylation is 1. The first kappa shape index (κ1) is 20.3. The fraction of sp³-hybridized carbons (Fsp3) is 0.391. The van der Waals surface area contributed by atoms with Crippen molar-refractivity contribution in [3.63, 3.8) is 0 Å². The summed E-state index contributed by atoms with van der Waals surface area (Å²) in [6.07, 6.45) is 6.49. The minimum atomic E-state index is -0.00529. The summed E-state index contributed by atoms with van der Waals surface area (Å²) in [5, 5.41) is 4.30. The molecule has 1 atom stereocenters. The van der Waals surface area contributed by atoms with Crippen molar-refractivity contribution in [3.05, 3.63) is 48.0 Å². The van der Waals surface area contributed by atoms with Gasteiger partial charge in [-0.05, 0) is 24.6 Å². The second-order valence-electron chi connectivity index (χ2n) is 8.36. The van der Waals surface area contributed by atoms with E-state index in [4.69, 9.17) is 14.5 Å². The van der Waals surface area contributed by atoms with Crippen molar-refractivity contribution in [2.75, 3.05) is 45.3 Å². The molecule has 2 aliphatic heterocycles. The third-order valence-corrected chi connectivity index (χ3v) is 5.87. The summed E-state index contributed by atoms with van der Waals surface area (Å²) in [7, 11) is 5.74. The van der Waals surface area contributed by atoms with Crippen LogP contribution in [0.3, 0.4) is 0 Å². The zero-order valence-corrected chi connectivity index (χ0v) is 18.5. The first-order valence-electron chi connectivity index (χ1n) is 10.7. The number of aromatic nitrogens is 4. The lowest BCUT2D eigenvalue weighted by molar-refractivity contribution is 0.0789. The predicted octanol–water partition coefficient (Wildman–Crippen LogP) is 2.34. The fourth-order valence-corrected chi connectivity index (χ4v) is 4.22. The van der Waals surface area contributed by atoms with Gasteiger partial charge in [0.1, 0.15) is 13.2 Å². The van der Waals surface area contributed by atoms with Crippen LogP contribution in [-0.4, -0.2) is 71.0 Å². The number of benzene rings is 1. The van der Waals surface area contributed by atoms with E-state index < -0.39 is 0 Å². The summed E-state index contributed by atoms with van der Waals surface area (Å²) in [5.74, 6) is 2.08. The largest absolute Gasteiger partial charge is 0.486 e. The Hall–Kier alpha value is -3.62. The maximum Gasteiger partial charge on any atom is 0.254 e. The number of nitrogens with zero attached hydrogens (tertiary/aromatic N) is 6. The Bertz CT molecular complexity index is 1160. The molecule has 1 saturated heterocycles. The summed E-state index contributed by atoms with van der Waals surface area (Å²) < 4.78 is 13.0. The number of ether oxygens (including phenoxy) is 2. The van der Waals surface area contributed by atoms with E-state index in [0.717, 1.165) is 23.2 Å². The van der Waals surface area contributed by atoms with Gasteiger partial charge in [0.15, 0.2) is 11.5 Å². The maximum atomic E-state index is 13.2. The zero-order valence-electron chi connectivity index (χ0n) is 18.5. The van der Waals surface area contributed by atoms with Gasteiger partial charge in [-0.15, -0.1) is 0 Å². The Morgan fingerprint density at radius 2 is 1.97 bits per heavy atom. The summed E-state index contributed by atoms with van der Waals surface area (Å²) in [5.41, 5.74) is 3.50. The lowest BCUT2D eigenvalue weighted by Gasteiger charge is -2.21. The van der Waals surface area contributed by atoms with E-state index in [0.29, 0.717) is 49.3 Å². The smallest absolute Gasteiger partial charge is 0.254 e. The molecule has 166 valence electrons. The van der Waals surface area contributed by atoms with Gasteiger partial charge in [-0.1, -0.05) is 0 Å². The molecule has 1 aromatic carbocycles. The Labute approximate surface area is 186 Å². The van der Waals surface area contributed by atoms with Gasteiger partial charge in [-0.25, -0.2) is 9.97 Å². The number of likely N-dealkylation sites (tertiary alicyclic amines) is 1. The van der Waals surface area contributed by atoms with Crippen molar-refractivity contribution in [2.45, 2.75) is 12.3 Å². The Kier molecular flexibility index (Phi) is 5.16. The van der Waals surface area contributed by atoms with Crippen LogP contribution < -0.4 is 14.4 Å². The van der Waals surface area contributed by atoms with Crippen LogP contribution in [0.25, 0.3) is 11.1 Å². The van der Waals surface area contributed by atoms with Crippen LogP contribution in [0, 0.1) is 0 Å². The second-order valence-corrected chi connectivity index (χ2v) is 8.36. The molecule has 0 N–H and O–H groups in total. The molecule has 0 bridgehead atoms. The topological polar surface area (TPSA) is 85.6 Å². The van der Waals surface area contributed by atoms with E-state index in [-0.39, 0.29) is 11.8 Å². The van der Waals surface area contributed by atoms with Crippen LogP contribution in [0.1, 0.15) is 28.4 Å². The summed E-state index contributed by atoms with van der Waals surface area (Å²) in [4.78, 5) is 26.4. The number of fused-ring (bicyclic) bond motifs is 1. The number of hydrogen-bond donors (Lipinski definition) is 0. The first-order valence-corrected chi connectivity index (χ1v) is 10.7. The van der Waals surface area contributed by atoms with Gasteiger partial charge < -0.3 is 19.3 Å². The fourth-order valence-electron chi connectivity index (χ4n) is 4.22. The van der Waals surface area contributed by atoms with E-state index in [2.05, 4.69) is 10.1 Å². The molecular weight excluding hydrogens is 408 g/mol. The molecule has 3 aromatic rings. The molecule has 9 nitrogen and oxygen atoms in total. The molecule has 9 heteroatoms. The predicted molar refractivity (Wildman–Crippen MR) is 119 cm³/mol.